The lowest BCUT2D eigenvalue weighted by atomic mass is 9.66. The topological polar surface area (TPSA) is 57.3 Å². The number of benzene rings is 10. The number of fused-ring (bicyclic) bond motifs is 7. The Balaban J connectivity index is 0.918. The van der Waals surface area contributed by atoms with Gasteiger partial charge < -0.3 is 14.5 Å². The van der Waals surface area contributed by atoms with E-state index in [0.717, 1.165) is 66.8 Å². The lowest BCUT2D eigenvalue weighted by Crippen LogP contribution is -2.29. The van der Waals surface area contributed by atoms with Crippen molar-refractivity contribution < 1.29 is 4.74 Å². The SMILES string of the molecule is N#Cc1ccnc(-n2c3ccccc3c3ccc(Oc4cccc(N5CN(c6c(-c7ccccc7)cc(C7(c8ccccc8)c8ccccc8-c8ccccc87)cc6-c6ccccc6)c6ccccc65)c4)cc32)c1. The number of anilines is 4. The fraction of sp³-hybridized carbons (Fsp3) is 0.0294. The van der Waals surface area contributed by atoms with Crippen LogP contribution in [0.15, 0.2) is 261 Å². The average molecular weight is 948 g/mol. The van der Waals surface area contributed by atoms with Crippen molar-refractivity contribution >= 4 is 44.6 Å². The van der Waals surface area contributed by atoms with E-state index < -0.39 is 5.41 Å². The van der Waals surface area contributed by atoms with E-state index in [1.165, 1.54) is 33.4 Å². The summed E-state index contributed by atoms with van der Waals surface area (Å²) in [6.45, 7) is 0.554. The highest BCUT2D eigenvalue weighted by Crippen LogP contribution is 2.59. The third kappa shape index (κ3) is 6.75. The lowest BCUT2D eigenvalue weighted by Gasteiger charge is -2.36. The van der Waals surface area contributed by atoms with E-state index in [0.29, 0.717) is 29.5 Å². The zero-order valence-electron chi connectivity index (χ0n) is 40.2. The van der Waals surface area contributed by atoms with Crippen LogP contribution in [0.5, 0.6) is 11.5 Å². The van der Waals surface area contributed by atoms with E-state index in [9.17, 15) is 5.26 Å². The molecule has 14 rings (SSSR count). The standard InChI is InChI=1S/C68H45N5O/c69-44-46-37-38-70-66(39-46)73-62-32-15-12-29-56(62)57-36-35-53(43-65(57)73)74-52-26-18-25-51(42-52)71-45-72(64-34-17-16-33-63(64)71)67-58(47-19-4-1-5-20-47)40-50(41-59(67)48-21-6-2-7-22-48)68(49-23-8-3-9-24-49)60-30-13-10-27-54(60)55-28-11-14-31-61(55)68/h1-43H,45H2. The fourth-order valence-electron chi connectivity index (χ4n) is 11.9. The van der Waals surface area contributed by atoms with Gasteiger partial charge in [0.25, 0.3) is 0 Å². The second-order valence-electron chi connectivity index (χ2n) is 19.0. The molecule has 3 heterocycles. The first-order valence-electron chi connectivity index (χ1n) is 25.0. The molecule has 0 atom stereocenters. The largest absolute Gasteiger partial charge is 0.457 e. The van der Waals surface area contributed by atoms with Gasteiger partial charge in [-0.25, -0.2) is 4.98 Å². The van der Waals surface area contributed by atoms with Gasteiger partial charge >= 0.3 is 0 Å². The summed E-state index contributed by atoms with van der Waals surface area (Å²) in [6.07, 6.45) is 1.69. The van der Waals surface area contributed by atoms with Gasteiger partial charge in [-0.15, -0.1) is 0 Å². The predicted octanol–water partition coefficient (Wildman–Crippen LogP) is 16.8. The highest BCUT2D eigenvalue weighted by Gasteiger charge is 2.47. The molecule has 348 valence electrons. The fourth-order valence-corrected chi connectivity index (χ4v) is 11.9. The van der Waals surface area contributed by atoms with Crippen molar-refractivity contribution in [1.82, 2.24) is 9.55 Å². The third-order valence-corrected chi connectivity index (χ3v) is 15.0. The monoisotopic (exact) mass is 947 g/mol. The minimum absolute atomic E-state index is 0.551. The number of nitriles is 1. The molecule has 0 saturated carbocycles. The Morgan fingerprint density at radius 3 is 1.72 bits per heavy atom. The summed E-state index contributed by atoms with van der Waals surface area (Å²) in [6, 6.07) is 93.3. The summed E-state index contributed by atoms with van der Waals surface area (Å²) in [5.41, 5.74) is 18.3. The summed E-state index contributed by atoms with van der Waals surface area (Å²) in [4.78, 5) is 9.60. The Labute approximate surface area is 429 Å². The van der Waals surface area contributed by atoms with Crippen LogP contribution in [0.4, 0.5) is 22.7 Å². The minimum atomic E-state index is -0.601. The maximum atomic E-state index is 9.77. The number of nitrogens with zero attached hydrogens (tertiary/aromatic N) is 5. The Morgan fingerprint density at radius 2 is 1.03 bits per heavy atom. The Bertz CT molecular complexity index is 4070. The Morgan fingerprint density at radius 1 is 0.446 bits per heavy atom. The van der Waals surface area contributed by atoms with Crippen molar-refractivity contribution in [1.29, 1.82) is 5.26 Å². The molecule has 0 N–H and O–H groups in total. The molecule has 0 radical (unpaired) electrons. The molecular formula is C68H45N5O. The second kappa shape index (κ2) is 17.4. The van der Waals surface area contributed by atoms with Crippen molar-refractivity contribution in [2.75, 3.05) is 16.5 Å². The smallest absolute Gasteiger partial charge is 0.138 e. The van der Waals surface area contributed by atoms with Gasteiger partial charge in [-0.05, 0) is 111 Å². The molecule has 6 nitrogen and oxygen atoms in total. The van der Waals surface area contributed by atoms with Gasteiger partial charge in [-0.2, -0.15) is 5.26 Å². The molecule has 10 aromatic carbocycles. The summed E-state index contributed by atoms with van der Waals surface area (Å²) < 4.78 is 8.91. The Kier molecular flexibility index (Phi) is 10.1. The molecule has 12 aromatic rings. The number of ether oxygens (including phenoxy) is 1. The molecule has 0 spiro atoms. The summed E-state index contributed by atoms with van der Waals surface area (Å²) >= 11 is 0. The predicted molar refractivity (Wildman–Crippen MR) is 300 cm³/mol. The number of hydrogen-bond donors (Lipinski definition) is 0. The molecule has 1 aliphatic carbocycles. The molecule has 2 aliphatic rings. The molecular weight excluding hydrogens is 903 g/mol. The first kappa shape index (κ1) is 42.9. The first-order valence-corrected chi connectivity index (χ1v) is 25.0. The van der Waals surface area contributed by atoms with Crippen molar-refractivity contribution in [3.63, 3.8) is 0 Å². The second-order valence-corrected chi connectivity index (χ2v) is 19.0. The highest BCUT2D eigenvalue weighted by molar-refractivity contribution is 6.09. The van der Waals surface area contributed by atoms with Crippen molar-refractivity contribution in [3.05, 3.63) is 289 Å². The number of para-hydroxylation sites is 3. The first-order chi connectivity index (χ1) is 36.7. The normalized spacial score (nSPS) is 13.1. The van der Waals surface area contributed by atoms with Crippen LogP contribution in [0.2, 0.25) is 0 Å². The van der Waals surface area contributed by atoms with Crippen molar-refractivity contribution in [2.24, 2.45) is 0 Å². The maximum absolute atomic E-state index is 9.77. The highest BCUT2D eigenvalue weighted by atomic mass is 16.5. The molecule has 6 heteroatoms. The van der Waals surface area contributed by atoms with Crippen molar-refractivity contribution in [2.45, 2.75) is 5.41 Å². The molecule has 0 saturated heterocycles. The van der Waals surface area contributed by atoms with Crippen LogP contribution in [0.3, 0.4) is 0 Å². The van der Waals surface area contributed by atoms with E-state index in [1.807, 2.05) is 24.3 Å². The Hall–Kier alpha value is -9.96. The average Bonchev–Trinajstić information content (AvgIpc) is 4.12. The van der Waals surface area contributed by atoms with E-state index in [1.54, 1.807) is 12.3 Å². The maximum Gasteiger partial charge on any atom is 0.138 e. The molecule has 2 aromatic heterocycles. The summed E-state index contributed by atoms with van der Waals surface area (Å²) in [7, 11) is 0. The van der Waals surface area contributed by atoms with Gasteiger partial charge in [0.2, 0.25) is 0 Å². The van der Waals surface area contributed by atoms with E-state index in [-0.39, 0.29) is 0 Å². The molecule has 0 unspecified atom stereocenters. The quantitative estimate of drug-likeness (QED) is 0.144. The third-order valence-electron chi connectivity index (χ3n) is 15.0. The van der Waals surface area contributed by atoms with Crippen LogP contribution in [-0.4, -0.2) is 16.2 Å². The number of pyridine rings is 1. The zero-order chi connectivity index (χ0) is 49.2. The van der Waals surface area contributed by atoms with Crippen LogP contribution < -0.4 is 14.5 Å². The summed E-state index contributed by atoms with van der Waals surface area (Å²) in [5.74, 6) is 2.09. The van der Waals surface area contributed by atoms with E-state index in [2.05, 4.69) is 245 Å². The lowest BCUT2D eigenvalue weighted by molar-refractivity contribution is 0.483. The molecule has 0 fully saturated rings. The number of rotatable bonds is 9. The van der Waals surface area contributed by atoms with Crippen LogP contribution >= 0.6 is 0 Å². The number of hydrogen-bond acceptors (Lipinski definition) is 5. The molecule has 1 aliphatic heterocycles. The van der Waals surface area contributed by atoms with Gasteiger partial charge in [0.15, 0.2) is 0 Å². The van der Waals surface area contributed by atoms with Gasteiger partial charge in [-0.1, -0.05) is 176 Å². The van der Waals surface area contributed by atoms with Gasteiger partial charge in [0, 0.05) is 45.9 Å². The van der Waals surface area contributed by atoms with Crippen LogP contribution in [0.25, 0.3) is 61.0 Å². The van der Waals surface area contributed by atoms with E-state index in [4.69, 9.17) is 9.72 Å². The van der Waals surface area contributed by atoms with Gasteiger partial charge in [-0.3, -0.25) is 4.57 Å². The van der Waals surface area contributed by atoms with E-state index >= 15 is 0 Å². The molecule has 74 heavy (non-hydrogen) atoms. The van der Waals surface area contributed by atoms with Crippen molar-refractivity contribution in [3.8, 4) is 56.8 Å². The van der Waals surface area contributed by atoms with Crippen LogP contribution in [-0.2, 0) is 5.41 Å². The molecule has 0 bridgehead atoms. The van der Waals surface area contributed by atoms with Crippen LogP contribution in [0, 0.1) is 11.3 Å². The summed E-state index contributed by atoms with van der Waals surface area (Å²) in [5, 5.41) is 11.9. The molecule has 0 amide bonds. The van der Waals surface area contributed by atoms with Crippen LogP contribution in [0.1, 0.15) is 27.8 Å². The number of aromatic nitrogens is 2. The minimum Gasteiger partial charge on any atom is -0.457 e. The zero-order valence-corrected chi connectivity index (χ0v) is 40.2. The van der Waals surface area contributed by atoms with Gasteiger partial charge in [0.1, 0.15) is 24.0 Å². The van der Waals surface area contributed by atoms with Gasteiger partial charge in [0.05, 0.1) is 45.1 Å².